The van der Waals surface area contributed by atoms with Gasteiger partial charge in [-0.25, -0.2) is 4.39 Å². The molecule has 0 aliphatic carbocycles. The van der Waals surface area contributed by atoms with Gasteiger partial charge in [0.15, 0.2) is 0 Å². The Morgan fingerprint density at radius 3 is 3.12 bits per heavy atom. The molecule has 2 unspecified atom stereocenters. The molecule has 2 nitrogen and oxygen atoms in total. The van der Waals surface area contributed by atoms with E-state index in [0.29, 0.717) is 31.9 Å². The van der Waals surface area contributed by atoms with Crippen molar-refractivity contribution in [3.63, 3.8) is 0 Å². The van der Waals surface area contributed by atoms with Crippen LogP contribution >= 0.6 is 0 Å². The quantitative estimate of drug-likeness (QED) is 0.851. The second-order valence-electron chi connectivity index (χ2n) is 5.15. The molecule has 0 saturated carbocycles. The number of benzene rings is 1. The Morgan fingerprint density at radius 2 is 2.29 bits per heavy atom. The molecule has 3 rings (SSSR count). The maximum atomic E-state index is 14.5. The highest BCUT2D eigenvalue weighted by Gasteiger charge is 2.37. The highest BCUT2D eigenvalue weighted by molar-refractivity contribution is 5.38. The molecule has 1 fully saturated rings. The molecule has 0 radical (unpaired) electrons. The van der Waals surface area contributed by atoms with Gasteiger partial charge >= 0.3 is 0 Å². The van der Waals surface area contributed by atoms with Crippen LogP contribution in [0.15, 0.2) is 24.3 Å². The molecule has 1 aromatic rings. The van der Waals surface area contributed by atoms with Crippen LogP contribution in [-0.4, -0.2) is 25.4 Å². The molecule has 0 aromatic heterocycles. The number of hydrogen-bond donors (Lipinski definition) is 1. The predicted molar refractivity (Wildman–Crippen MR) is 65.2 cm³/mol. The van der Waals surface area contributed by atoms with E-state index < -0.39 is 5.67 Å². The summed E-state index contributed by atoms with van der Waals surface area (Å²) in [5.74, 6) is 1.25. The number of para-hydroxylation sites is 1. The number of halogens is 1. The summed E-state index contributed by atoms with van der Waals surface area (Å²) >= 11 is 0. The number of alkyl halides is 1. The number of fused-ring (bicyclic) bond motifs is 1. The highest BCUT2D eigenvalue weighted by Crippen LogP contribution is 2.40. The average molecular weight is 235 g/mol. The number of ether oxygens (including phenoxy) is 1. The maximum Gasteiger partial charge on any atom is 0.125 e. The van der Waals surface area contributed by atoms with E-state index in [2.05, 4.69) is 11.4 Å². The van der Waals surface area contributed by atoms with Crippen LogP contribution in [0.4, 0.5) is 4.39 Å². The van der Waals surface area contributed by atoms with Gasteiger partial charge in [0.2, 0.25) is 0 Å². The van der Waals surface area contributed by atoms with Crippen molar-refractivity contribution in [3.8, 4) is 5.75 Å². The van der Waals surface area contributed by atoms with Crippen molar-refractivity contribution in [1.82, 2.24) is 5.32 Å². The van der Waals surface area contributed by atoms with Gasteiger partial charge in [0.05, 0.1) is 6.61 Å². The third kappa shape index (κ3) is 2.16. The van der Waals surface area contributed by atoms with E-state index in [0.717, 1.165) is 18.7 Å². The lowest BCUT2D eigenvalue weighted by Gasteiger charge is -2.30. The van der Waals surface area contributed by atoms with E-state index in [1.807, 2.05) is 18.2 Å². The Hall–Kier alpha value is -1.09. The topological polar surface area (TPSA) is 21.3 Å². The smallest absolute Gasteiger partial charge is 0.125 e. The number of nitrogens with one attached hydrogen (secondary N) is 1. The van der Waals surface area contributed by atoms with Gasteiger partial charge < -0.3 is 10.1 Å². The zero-order valence-corrected chi connectivity index (χ0v) is 9.92. The SMILES string of the molecule is FC1(CC2CCOc3ccccc32)CCNC1. The van der Waals surface area contributed by atoms with Crippen molar-refractivity contribution < 1.29 is 9.13 Å². The molecule has 17 heavy (non-hydrogen) atoms. The highest BCUT2D eigenvalue weighted by atomic mass is 19.1. The lowest BCUT2D eigenvalue weighted by atomic mass is 9.83. The first-order chi connectivity index (χ1) is 8.27. The monoisotopic (exact) mass is 235 g/mol. The van der Waals surface area contributed by atoms with E-state index in [9.17, 15) is 4.39 Å². The van der Waals surface area contributed by atoms with Gasteiger partial charge in [-0.1, -0.05) is 18.2 Å². The van der Waals surface area contributed by atoms with Crippen molar-refractivity contribution in [1.29, 1.82) is 0 Å². The molecule has 2 heterocycles. The molecule has 0 spiro atoms. The van der Waals surface area contributed by atoms with Gasteiger partial charge in [-0.05, 0) is 43.4 Å². The summed E-state index contributed by atoms with van der Waals surface area (Å²) < 4.78 is 20.1. The van der Waals surface area contributed by atoms with Gasteiger partial charge in [0.1, 0.15) is 11.4 Å². The molecule has 2 aliphatic heterocycles. The minimum Gasteiger partial charge on any atom is -0.493 e. The Morgan fingerprint density at radius 1 is 1.41 bits per heavy atom. The van der Waals surface area contributed by atoms with E-state index >= 15 is 0 Å². The van der Waals surface area contributed by atoms with Crippen LogP contribution in [-0.2, 0) is 0 Å². The molecule has 3 heteroatoms. The van der Waals surface area contributed by atoms with Crippen molar-refractivity contribution in [2.45, 2.75) is 30.8 Å². The molecule has 1 saturated heterocycles. The second kappa shape index (κ2) is 4.30. The predicted octanol–water partition coefficient (Wildman–Crippen LogP) is 2.64. The van der Waals surface area contributed by atoms with Gasteiger partial charge in [-0.15, -0.1) is 0 Å². The molecule has 1 N–H and O–H groups in total. The van der Waals surface area contributed by atoms with E-state index in [1.54, 1.807) is 0 Å². The Bertz CT molecular complexity index is 401. The summed E-state index contributed by atoms with van der Waals surface area (Å²) in [6, 6.07) is 8.05. The third-order valence-corrected chi connectivity index (χ3v) is 3.89. The van der Waals surface area contributed by atoms with Crippen molar-refractivity contribution in [3.05, 3.63) is 29.8 Å². The fourth-order valence-corrected chi connectivity index (χ4v) is 2.96. The Labute approximate surface area is 101 Å². The zero-order valence-electron chi connectivity index (χ0n) is 9.92. The number of rotatable bonds is 2. The fraction of sp³-hybridized carbons (Fsp3) is 0.571. The normalized spacial score (nSPS) is 31.9. The molecule has 2 aliphatic rings. The summed E-state index contributed by atoms with van der Waals surface area (Å²) in [5.41, 5.74) is 0.164. The third-order valence-electron chi connectivity index (χ3n) is 3.89. The van der Waals surface area contributed by atoms with E-state index in [1.165, 1.54) is 5.56 Å². The van der Waals surface area contributed by atoms with Gasteiger partial charge in [0, 0.05) is 6.54 Å². The van der Waals surface area contributed by atoms with Crippen LogP contribution in [0.1, 0.15) is 30.7 Å². The van der Waals surface area contributed by atoms with Gasteiger partial charge in [-0.2, -0.15) is 0 Å². The van der Waals surface area contributed by atoms with Crippen molar-refractivity contribution >= 4 is 0 Å². The van der Waals surface area contributed by atoms with Crippen LogP contribution in [0.5, 0.6) is 5.75 Å². The summed E-state index contributed by atoms with van der Waals surface area (Å²) in [6.45, 7) is 2.03. The lowest BCUT2D eigenvalue weighted by Crippen LogP contribution is -2.30. The minimum atomic E-state index is -1.02. The van der Waals surface area contributed by atoms with Crippen LogP contribution in [0, 0.1) is 0 Å². The first kappa shape index (κ1) is 11.0. The zero-order chi connectivity index (χ0) is 11.7. The van der Waals surface area contributed by atoms with E-state index in [-0.39, 0.29) is 0 Å². The molecular formula is C14H18FNO. The molecule has 1 aromatic carbocycles. The lowest BCUT2D eigenvalue weighted by molar-refractivity contribution is 0.147. The maximum absolute atomic E-state index is 14.5. The standard InChI is InChI=1S/C14H18FNO/c15-14(6-7-16-10-14)9-11-5-8-17-13-4-2-1-3-12(11)13/h1-4,11,16H,5-10H2. The van der Waals surface area contributed by atoms with Gasteiger partial charge in [-0.3, -0.25) is 0 Å². The van der Waals surface area contributed by atoms with Crippen LogP contribution in [0.2, 0.25) is 0 Å². The molecule has 92 valence electrons. The van der Waals surface area contributed by atoms with Crippen LogP contribution in [0.3, 0.4) is 0 Å². The minimum absolute atomic E-state index is 0.310. The van der Waals surface area contributed by atoms with Crippen molar-refractivity contribution in [2.75, 3.05) is 19.7 Å². The Kier molecular flexibility index (Phi) is 2.79. The first-order valence-corrected chi connectivity index (χ1v) is 6.38. The largest absolute Gasteiger partial charge is 0.493 e. The van der Waals surface area contributed by atoms with E-state index in [4.69, 9.17) is 4.74 Å². The average Bonchev–Trinajstić information content (AvgIpc) is 2.76. The first-order valence-electron chi connectivity index (χ1n) is 6.38. The molecule has 0 bridgehead atoms. The molecular weight excluding hydrogens is 217 g/mol. The molecule has 0 amide bonds. The van der Waals surface area contributed by atoms with Crippen molar-refractivity contribution in [2.24, 2.45) is 0 Å². The van der Waals surface area contributed by atoms with Crippen LogP contribution in [0.25, 0.3) is 0 Å². The summed E-state index contributed by atoms with van der Waals surface area (Å²) in [7, 11) is 0. The fourth-order valence-electron chi connectivity index (χ4n) is 2.96. The summed E-state index contributed by atoms with van der Waals surface area (Å²) in [6.07, 6.45) is 2.20. The Balaban J connectivity index is 1.81. The molecule has 2 atom stereocenters. The second-order valence-corrected chi connectivity index (χ2v) is 5.15. The van der Waals surface area contributed by atoms with Gasteiger partial charge in [0.25, 0.3) is 0 Å². The number of hydrogen-bond acceptors (Lipinski definition) is 2. The summed E-state index contributed by atoms with van der Waals surface area (Å²) in [5, 5.41) is 3.12. The summed E-state index contributed by atoms with van der Waals surface area (Å²) in [4.78, 5) is 0. The van der Waals surface area contributed by atoms with Crippen LogP contribution < -0.4 is 10.1 Å².